The predicted molar refractivity (Wildman–Crippen MR) is 79.2 cm³/mol. The average molecular weight is 274 g/mol. The van der Waals surface area contributed by atoms with Crippen molar-refractivity contribution in [2.75, 3.05) is 11.4 Å². The van der Waals surface area contributed by atoms with Gasteiger partial charge in [0.2, 0.25) is 0 Å². The van der Waals surface area contributed by atoms with E-state index in [2.05, 4.69) is 41.4 Å². The van der Waals surface area contributed by atoms with E-state index in [0.717, 1.165) is 25.8 Å². The van der Waals surface area contributed by atoms with E-state index >= 15 is 0 Å². The van der Waals surface area contributed by atoms with Crippen LogP contribution in [0.15, 0.2) is 24.3 Å². The maximum atomic E-state index is 11.3. The molecule has 1 aromatic rings. The molecular formula is C16H22N2O2. The quantitative estimate of drug-likeness (QED) is 0.833. The van der Waals surface area contributed by atoms with Crippen molar-refractivity contribution in [1.82, 2.24) is 5.32 Å². The lowest BCUT2D eigenvalue weighted by Crippen LogP contribution is -2.42. The van der Waals surface area contributed by atoms with Crippen molar-refractivity contribution in [2.24, 2.45) is 0 Å². The molecule has 2 N–H and O–H groups in total. The number of carboxylic acids is 1. The first-order valence-electron chi connectivity index (χ1n) is 7.48. The molecule has 4 nitrogen and oxygen atoms in total. The summed E-state index contributed by atoms with van der Waals surface area (Å²) in [6.07, 6.45) is 3.95. The number of nitrogens with zero attached hydrogens (tertiary/aromatic N) is 1. The maximum Gasteiger partial charge on any atom is 0.320 e. The highest BCUT2D eigenvalue weighted by atomic mass is 16.4. The molecule has 0 saturated heterocycles. The smallest absolute Gasteiger partial charge is 0.320 e. The van der Waals surface area contributed by atoms with Crippen LogP contribution < -0.4 is 10.2 Å². The van der Waals surface area contributed by atoms with Crippen molar-refractivity contribution < 1.29 is 9.90 Å². The van der Waals surface area contributed by atoms with E-state index in [-0.39, 0.29) is 0 Å². The Kier molecular flexibility index (Phi) is 3.66. The average Bonchev–Trinajstić information content (AvgIpc) is 3.17. The van der Waals surface area contributed by atoms with Crippen molar-refractivity contribution in [3.05, 3.63) is 29.8 Å². The van der Waals surface area contributed by atoms with Gasteiger partial charge in [0.1, 0.15) is 6.04 Å². The summed E-state index contributed by atoms with van der Waals surface area (Å²) < 4.78 is 0. The lowest BCUT2D eigenvalue weighted by Gasteiger charge is -2.26. The lowest BCUT2D eigenvalue weighted by atomic mass is 10.1. The second-order valence-corrected chi connectivity index (χ2v) is 6.00. The van der Waals surface area contributed by atoms with Crippen LogP contribution in [0.4, 0.5) is 5.69 Å². The van der Waals surface area contributed by atoms with Gasteiger partial charge in [0.15, 0.2) is 0 Å². The highest BCUT2D eigenvalue weighted by Crippen LogP contribution is 2.32. The molecule has 0 spiro atoms. The molecule has 1 aromatic carbocycles. The van der Waals surface area contributed by atoms with Gasteiger partial charge in [0.25, 0.3) is 0 Å². The van der Waals surface area contributed by atoms with Gasteiger partial charge >= 0.3 is 5.97 Å². The Labute approximate surface area is 119 Å². The van der Waals surface area contributed by atoms with Gasteiger partial charge in [0, 0.05) is 24.3 Å². The summed E-state index contributed by atoms with van der Waals surface area (Å²) >= 11 is 0. The molecule has 0 bridgehead atoms. The number of carboxylic acid groups (broad SMARTS) is 1. The van der Waals surface area contributed by atoms with E-state index in [9.17, 15) is 9.90 Å². The van der Waals surface area contributed by atoms with Gasteiger partial charge in [-0.15, -0.1) is 0 Å². The first kappa shape index (κ1) is 13.4. The molecule has 2 atom stereocenters. The Hall–Kier alpha value is -1.55. The molecule has 1 aliphatic carbocycles. The summed E-state index contributed by atoms with van der Waals surface area (Å²) in [7, 11) is 0. The molecule has 108 valence electrons. The van der Waals surface area contributed by atoms with Crippen molar-refractivity contribution >= 4 is 11.7 Å². The van der Waals surface area contributed by atoms with Crippen LogP contribution in [0.3, 0.4) is 0 Å². The zero-order chi connectivity index (χ0) is 14.1. The van der Waals surface area contributed by atoms with Crippen molar-refractivity contribution in [3.63, 3.8) is 0 Å². The first-order chi connectivity index (χ1) is 9.65. The van der Waals surface area contributed by atoms with Crippen LogP contribution in [0.2, 0.25) is 0 Å². The van der Waals surface area contributed by atoms with Crippen LogP contribution >= 0.6 is 0 Å². The van der Waals surface area contributed by atoms with E-state index in [1.165, 1.54) is 11.3 Å². The zero-order valence-corrected chi connectivity index (χ0v) is 11.9. The number of hydrogen-bond acceptors (Lipinski definition) is 3. The monoisotopic (exact) mass is 274 g/mol. The molecule has 4 heteroatoms. The Balaban J connectivity index is 1.63. The van der Waals surface area contributed by atoms with E-state index in [1.54, 1.807) is 0 Å². The molecule has 3 rings (SSSR count). The van der Waals surface area contributed by atoms with Gasteiger partial charge in [-0.1, -0.05) is 18.2 Å². The number of nitrogens with one attached hydrogen (secondary N) is 1. The van der Waals surface area contributed by atoms with Gasteiger partial charge < -0.3 is 15.3 Å². The van der Waals surface area contributed by atoms with Gasteiger partial charge in [-0.25, -0.2) is 0 Å². The molecule has 2 aliphatic rings. The Bertz CT molecular complexity index is 499. The molecule has 2 unspecified atom stereocenters. The lowest BCUT2D eigenvalue weighted by molar-refractivity contribution is -0.139. The first-order valence-corrected chi connectivity index (χ1v) is 7.48. The van der Waals surface area contributed by atoms with E-state index < -0.39 is 12.0 Å². The van der Waals surface area contributed by atoms with Crippen LogP contribution in [0, 0.1) is 0 Å². The predicted octanol–water partition coefficient (Wildman–Crippen LogP) is 2.03. The molecule has 1 heterocycles. The number of carbonyl (C=O) groups is 1. The van der Waals surface area contributed by atoms with E-state index in [0.29, 0.717) is 18.5 Å². The fourth-order valence-electron chi connectivity index (χ4n) is 3.05. The summed E-state index contributed by atoms with van der Waals surface area (Å²) in [5.74, 6) is -0.725. The Morgan fingerprint density at radius 3 is 2.90 bits per heavy atom. The SMILES string of the molecule is CC1Cc2ccccc2N1CCC(NC1CC1)C(=O)O. The summed E-state index contributed by atoms with van der Waals surface area (Å²) in [6, 6.07) is 8.92. The number of aliphatic carboxylic acids is 1. The number of benzene rings is 1. The van der Waals surface area contributed by atoms with Crippen molar-refractivity contribution in [2.45, 2.75) is 50.7 Å². The summed E-state index contributed by atoms with van der Waals surface area (Å²) in [5, 5.41) is 12.5. The van der Waals surface area contributed by atoms with E-state index in [1.807, 2.05) is 0 Å². The topological polar surface area (TPSA) is 52.6 Å². The van der Waals surface area contributed by atoms with Crippen LogP contribution in [0.25, 0.3) is 0 Å². The van der Waals surface area contributed by atoms with Gasteiger partial charge in [-0.05, 0) is 44.2 Å². The second kappa shape index (κ2) is 5.44. The van der Waals surface area contributed by atoms with Crippen LogP contribution in [-0.2, 0) is 11.2 Å². The molecule has 1 aliphatic heterocycles. The van der Waals surface area contributed by atoms with E-state index in [4.69, 9.17) is 0 Å². The second-order valence-electron chi connectivity index (χ2n) is 6.00. The van der Waals surface area contributed by atoms with Crippen LogP contribution in [0.1, 0.15) is 31.7 Å². The molecule has 0 aromatic heterocycles. The summed E-state index contributed by atoms with van der Waals surface area (Å²) in [5.41, 5.74) is 2.65. The third-order valence-electron chi connectivity index (χ3n) is 4.32. The molecule has 20 heavy (non-hydrogen) atoms. The molecule has 1 saturated carbocycles. The highest BCUT2D eigenvalue weighted by molar-refractivity contribution is 5.73. The zero-order valence-electron chi connectivity index (χ0n) is 11.9. The standard InChI is InChI=1S/C16H22N2O2/c1-11-10-12-4-2-3-5-15(12)18(11)9-8-14(16(19)20)17-13-6-7-13/h2-5,11,13-14,17H,6-10H2,1H3,(H,19,20). The summed E-state index contributed by atoms with van der Waals surface area (Å²) in [4.78, 5) is 13.7. The fraction of sp³-hybridized carbons (Fsp3) is 0.562. The van der Waals surface area contributed by atoms with Crippen LogP contribution in [-0.4, -0.2) is 35.7 Å². The minimum absolute atomic E-state index is 0.414. The highest BCUT2D eigenvalue weighted by Gasteiger charge is 2.30. The third-order valence-corrected chi connectivity index (χ3v) is 4.32. The fourth-order valence-corrected chi connectivity index (χ4v) is 3.05. The van der Waals surface area contributed by atoms with Crippen molar-refractivity contribution in [1.29, 1.82) is 0 Å². The normalized spacial score (nSPS) is 22.6. The van der Waals surface area contributed by atoms with Gasteiger partial charge in [-0.3, -0.25) is 4.79 Å². The summed E-state index contributed by atoms with van der Waals surface area (Å²) in [6.45, 7) is 3.01. The molecule has 0 radical (unpaired) electrons. The van der Waals surface area contributed by atoms with Crippen molar-refractivity contribution in [3.8, 4) is 0 Å². The van der Waals surface area contributed by atoms with Crippen LogP contribution in [0.5, 0.6) is 0 Å². The number of anilines is 1. The minimum atomic E-state index is -0.725. The van der Waals surface area contributed by atoms with Gasteiger partial charge in [-0.2, -0.15) is 0 Å². The third kappa shape index (κ3) is 2.80. The Morgan fingerprint density at radius 1 is 1.45 bits per heavy atom. The minimum Gasteiger partial charge on any atom is -0.480 e. The molecule has 0 amide bonds. The molecule has 1 fully saturated rings. The molecular weight excluding hydrogens is 252 g/mol. The maximum absolute atomic E-state index is 11.3. The number of para-hydroxylation sites is 1. The largest absolute Gasteiger partial charge is 0.480 e. The number of fused-ring (bicyclic) bond motifs is 1. The number of hydrogen-bond donors (Lipinski definition) is 2. The number of rotatable bonds is 6. The Morgan fingerprint density at radius 2 is 2.20 bits per heavy atom. The van der Waals surface area contributed by atoms with Gasteiger partial charge in [0.05, 0.1) is 0 Å².